The minimum Gasteiger partial charge on any atom is -0.436 e. The van der Waals surface area contributed by atoms with Gasteiger partial charge in [-0.25, -0.2) is 0 Å². The monoisotopic (exact) mass is 258 g/mol. The number of hydrogen-bond acceptors (Lipinski definition) is 3. The first-order chi connectivity index (χ1) is 8.70. The Morgan fingerprint density at radius 1 is 0.944 bits per heavy atom. The van der Waals surface area contributed by atoms with E-state index in [-0.39, 0.29) is 12.3 Å². The second-order valence-electron chi connectivity index (χ2n) is 4.76. The lowest BCUT2D eigenvalue weighted by molar-refractivity contribution is -0.176. The smallest absolute Gasteiger partial charge is 0.304 e. The Kier molecular flexibility index (Phi) is 12.5. The average molecular weight is 258 g/mol. The predicted molar refractivity (Wildman–Crippen MR) is 74.4 cm³/mol. The van der Waals surface area contributed by atoms with Crippen LogP contribution in [0.2, 0.25) is 0 Å². The number of esters is 1. The fraction of sp³-hybridized carbons (Fsp3) is 0.933. The lowest BCUT2D eigenvalue weighted by Gasteiger charge is -2.16. The van der Waals surface area contributed by atoms with Crippen molar-refractivity contribution in [3.8, 4) is 0 Å². The second-order valence-corrected chi connectivity index (χ2v) is 4.76. The molecule has 18 heavy (non-hydrogen) atoms. The number of ether oxygens (including phenoxy) is 2. The van der Waals surface area contributed by atoms with Crippen LogP contribution in [0.5, 0.6) is 0 Å². The van der Waals surface area contributed by atoms with E-state index >= 15 is 0 Å². The van der Waals surface area contributed by atoms with Crippen LogP contribution in [0, 0.1) is 0 Å². The van der Waals surface area contributed by atoms with E-state index in [4.69, 9.17) is 9.47 Å². The van der Waals surface area contributed by atoms with Gasteiger partial charge in [0.05, 0.1) is 0 Å². The molecule has 0 heterocycles. The van der Waals surface area contributed by atoms with Crippen molar-refractivity contribution in [1.82, 2.24) is 0 Å². The van der Waals surface area contributed by atoms with Crippen LogP contribution in [0.25, 0.3) is 0 Å². The zero-order chi connectivity index (χ0) is 13.6. The maximum atomic E-state index is 10.9. The second kappa shape index (κ2) is 12.9. The van der Waals surface area contributed by atoms with Crippen molar-refractivity contribution in [2.45, 2.75) is 84.8 Å². The summed E-state index contributed by atoms with van der Waals surface area (Å²) < 4.78 is 10.5. The maximum absolute atomic E-state index is 10.9. The third-order valence-electron chi connectivity index (χ3n) is 2.94. The molecule has 0 spiro atoms. The first kappa shape index (κ1) is 17.4. The van der Waals surface area contributed by atoms with E-state index in [2.05, 4.69) is 6.92 Å². The van der Waals surface area contributed by atoms with Gasteiger partial charge in [0.2, 0.25) is 6.29 Å². The van der Waals surface area contributed by atoms with Crippen molar-refractivity contribution in [2.24, 2.45) is 0 Å². The highest BCUT2D eigenvalue weighted by atomic mass is 16.7. The van der Waals surface area contributed by atoms with Crippen molar-refractivity contribution >= 4 is 5.97 Å². The van der Waals surface area contributed by atoms with E-state index in [9.17, 15) is 4.79 Å². The number of hydrogen-bond donors (Lipinski definition) is 0. The van der Waals surface area contributed by atoms with Gasteiger partial charge in [0.15, 0.2) is 0 Å². The Morgan fingerprint density at radius 2 is 1.50 bits per heavy atom. The quantitative estimate of drug-likeness (QED) is 0.295. The third-order valence-corrected chi connectivity index (χ3v) is 2.94. The van der Waals surface area contributed by atoms with Crippen LogP contribution in [0.15, 0.2) is 0 Å². The normalized spacial score (nSPS) is 12.4. The Labute approximate surface area is 112 Å². The van der Waals surface area contributed by atoms with Crippen molar-refractivity contribution in [2.75, 3.05) is 6.61 Å². The first-order valence-electron chi connectivity index (χ1n) is 7.49. The van der Waals surface area contributed by atoms with Gasteiger partial charge >= 0.3 is 5.97 Å². The largest absolute Gasteiger partial charge is 0.436 e. The lowest BCUT2D eigenvalue weighted by atomic mass is 10.1. The zero-order valence-electron chi connectivity index (χ0n) is 12.4. The SMILES string of the molecule is CCCCCCCCCCC(OCC)OC(C)=O. The molecule has 1 unspecified atom stereocenters. The molecule has 108 valence electrons. The van der Waals surface area contributed by atoms with Crippen LogP contribution in [0.1, 0.15) is 78.6 Å². The molecule has 0 fully saturated rings. The molecular weight excluding hydrogens is 228 g/mol. The molecule has 0 aliphatic heterocycles. The third kappa shape index (κ3) is 11.9. The van der Waals surface area contributed by atoms with Crippen LogP contribution in [-0.2, 0) is 14.3 Å². The molecule has 0 saturated heterocycles. The number of carbonyl (C=O) groups is 1. The molecule has 0 radical (unpaired) electrons. The van der Waals surface area contributed by atoms with Crippen molar-refractivity contribution in [1.29, 1.82) is 0 Å². The molecule has 0 aliphatic carbocycles. The molecule has 0 saturated carbocycles. The van der Waals surface area contributed by atoms with E-state index in [0.29, 0.717) is 6.61 Å². The summed E-state index contributed by atoms with van der Waals surface area (Å²) in [5.41, 5.74) is 0. The Hall–Kier alpha value is -0.570. The Morgan fingerprint density at radius 3 is 2.00 bits per heavy atom. The molecule has 0 aromatic carbocycles. The molecule has 0 aliphatic rings. The lowest BCUT2D eigenvalue weighted by Crippen LogP contribution is -2.19. The summed E-state index contributed by atoms with van der Waals surface area (Å²) in [7, 11) is 0. The number of carbonyl (C=O) groups excluding carboxylic acids is 1. The fourth-order valence-electron chi connectivity index (χ4n) is 1.99. The van der Waals surface area contributed by atoms with Gasteiger partial charge in [-0.05, 0) is 13.3 Å². The van der Waals surface area contributed by atoms with E-state index in [1.54, 1.807) is 0 Å². The van der Waals surface area contributed by atoms with Crippen molar-refractivity contribution < 1.29 is 14.3 Å². The van der Waals surface area contributed by atoms with E-state index in [0.717, 1.165) is 12.8 Å². The van der Waals surface area contributed by atoms with Gasteiger partial charge in [0.1, 0.15) is 0 Å². The summed E-state index contributed by atoms with van der Waals surface area (Å²) in [5.74, 6) is -0.256. The molecular formula is C15H30O3. The molecule has 3 heteroatoms. The van der Waals surface area contributed by atoms with E-state index in [1.807, 2.05) is 6.92 Å². The van der Waals surface area contributed by atoms with Gasteiger partial charge in [0.25, 0.3) is 0 Å². The van der Waals surface area contributed by atoms with Gasteiger partial charge < -0.3 is 9.47 Å². The van der Waals surface area contributed by atoms with Crippen LogP contribution >= 0.6 is 0 Å². The van der Waals surface area contributed by atoms with Crippen LogP contribution in [0.4, 0.5) is 0 Å². The van der Waals surface area contributed by atoms with Gasteiger partial charge in [-0.15, -0.1) is 0 Å². The first-order valence-corrected chi connectivity index (χ1v) is 7.49. The molecule has 0 aromatic rings. The number of unbranched alkanes of at least 4 members (excludes halogenated alkanes) is 7. The number of rotatable bonds is 12. The summed E-state index contributed by atoms with van der Waals surface area (Å²) in [6, 6.07) is 0. The highest BCUT2D eigenvalue weighted by Crippen LogP contribution is 2.12. The van der Waals surface area contributed by atoms with Gasteiger partial charge in [-0.2, -0.15) is 0 Å². The maximum Gasteiger partial charge on any atom is 0.304 e. The molecule has 0 aromatic heterocycles. The topological polar surface area (TPSA) is 35.5 Å². The summed E-state index contributed by atoms with van der Waals surface area (Å²) in [6.07, 6.45) is 10.8. The molecule has 3 nitrogen and oxygen atoms in total. The predicted octanol–water partition coefficient (Wildman–Crippen LogP) is 4.44. The van der Waals surface area contributed by atoms with Crippen LogP contribution < -0.4 is 0 Å². The molecule has 0 N–H and O–H groups in total. The minimum absolute atomic E-state index is 0.256. The van der Waals surface area contributed by atoms with Gasteiger partial charge in [-0.3, -0.25) is 4.79 Å². The minimum atomic E-state index is -0.340. The Bertz CT molecular complexity index is 192. The van der Waals surface area contributed by atoms with E-state index < -0.39 is 0 Å². The average Bonchev–Trinajstić information content (AvgIpc) is 2.32. The van der Waals surface area contributed by atoms with Gasteiger partial charge in [-0.1, -0.05) is 51.9 Å². The summed E-state index contributed by atoms with van der Waals surface area (Å²) in [5, 5.41) is 0. The van der Waals surface area contributed by atoms with Crippen molar-refractivity contribution in [3.05, 3.63) is 0 Å². The fourth-order valence-corrected chi connectivity index (χ4v) is 1.99. The highest BCUT2D eigenvalue weighted by Gasteiger charge is 2.10. The Balaban J connectivity index is 3.40. The zero-order valence-corrected chi connectivity index (χ0v) is 12.4. The highest BCUT2D eigenvalue weighted by molar-refractivity contribution is 5.66. The van der Waals surface area contributed by atoms with Gasteiger partial charge in [0, 0.05) is 20.0 Å². The molecule has 0 rings (SSSR count). The summed E-state index contributed by atoms with van der Waals surface area (Å²) in [4.78, 5) is 10.9. The van der Waals surface area contributed by atoms with E-state index in [1.165, 1.54) is 51.9 Å². The summed E-state index contributed by atoms with van der Waals surface area (Å²) >= 11 is 0. The molecule has 0 bridgehead atoms. The van der Waals surface area contributed by atoms with Crippen LogP contribution in [-0.4, -0.2) is 18.9 Å². The summed E-state index contributed by atoms with van der Waals surface area (Å²) in [6.45, 7) is 6.18. The molecule has 1 atom stereocenters. The van der Waals surface area contributed by atoms with Crippen molar-refractivity contribution in [3.63, 3.8) is 0 Å². The standard InChI is InChI=1S/C15H30O3/c1-4-6-7-8-9-10-11-12-13-15(17-5-2)18-14(3)16/h15H,4-13H2,1-3H3. The molecule has 0 amide bonds. The van der Waals surface area contributed by atoms with Crippen LogP contribution in [0.3, 0.4) is 0 Å².